The molecule has 0 heterocycles. The first kappa shape index (κ1) is 12.9. The number of hydrogen-bond acceptors (Lipinski definition) is 3. The van der Waals surface area contributed by atoms with Gasteiger partial charge in [-0.15, -0.1) is 0 Å². The highest BCUT2D eigenvalue weighted by atomic mass is 15.2. The fourth-order valence-electron chi connectivity index (χ4n) is 1.88. The summed E-state index contributed by atoms with van der Waals surface area (Å²) in [7, 11) is 2.02. The summed E-state index contributed by atoms with van der Waals surface area (Å²) in [6, 6.07) is 0. The lowest BCUT2D eigenvalue weighted by Gasteiger charge is -2.35. The molecule has 1 fully saturated rings. The zero-order chi connectivity index (χ0) is 11.5. The van der Waals surface area contributed by atoms with Gasteiger partial charge in [0, 0.05) is 5.54 Å². The van der Waals surface area contributed by atoms with Crippen molar-refractivity contribution in [2.24, 2.45) is 11.8 Å². The summed E-state index contributed by atoms with van der Waals surface area (Å²) in [5.74, 6) is 1.83. The molecule has 0 spiro atoms. The van der Waals surface area contributed by atoms with Gasteiger partial charge in [0.15, 0.2) is 0 Å². The van der Waals surface area contributed by atoms with Crippen molar-refractivity contribution in [3.8, 4) is 0 Å². The Hall–Kier alpha value is -0.120. The minimum absolute atomic E-state index is 0.0914. The maximum atomic E-state index is 3.63. The lowest BCUT2D eigenvalue weighted by atomic mass is 10.0. The van der Waals surface area contributed by atoms with Crippen molar-refractivity contribution in [3.05, 3.63) is 0 Å². The summed E-state index contributed by atoms with van der Waals surface area (Å²) < 4.78 is 0. The molecule has 1 rings (SSSR count). The zero-order valence-corrected chi connectivity index (χ0v) is 10.9. The molecule has 3 atom stereocenters. The summed E-state index contributed by atoms with van der Waals surface area (Å²) in [5.41, 5.74) is 0.0914. The molecule has 3 heteroatoms. The van der Waals surface area contributed by atoms with Gasteiger partial charge in [0.05, 0.1) is 6.17 Å². The van der Waals surface area contributed by atoms with Crippen molar-refractivity contribution >= 4 is 0 Å². The highest BCUT2D eigenvalue weighted by molar-refractivity contribution is 4.91. The molecule has 0 amide bonds. The quantitative estimate of drug-likeness (QED) is 0.556. The lowest BCUT2D eigenvalue weighted by molar-refractivity contribution is 0.250. The molecule has 90 valence electrons. The second kappa shape index (κ2) is 5.28. The van der Waals surface area contributed by atoms with Gasteiger partial charge in [-0.2, -0.15) is 0 Å². The van der Waals surface area contributed by atoms with Crippen LogP contribution in [0.25, 0.3) is 0 Å². The molecule has 0 aromatic rings. The molecule has 3 unspecified atom stereocenters. The van der Waals surface area contributed by atoms with Crippen LogP contribution in [0.3, 0.4) is 0 Å². The van der Waals surface area contributed by atoms with Crippen LogP contribution in [0, 0.1) is 11.8 Å². The Bertz CT molecular complexity index is 191. The average Bonchev–Trinajstić information content (AvgIpc) is 2.89. The Morgan fingerprint density at radius 3 is 2.33 bits per heavy atom. The minimum atomic E-state index is 0.0914. The van der Waals surface area contributed by atoms with Crippen LogP contribution in [0.2, 0.25) is 0 Å². The molecular weight excluding hydrogens is 186 g/mol. The first-order valence-electron chi connectivity index (χ1n) is 6.17. The van der Waals surface area contributed by atoms with Crippen molar-refractivity contribution in [1.29, 1.82) is 0 Å². The van der Waals surface area contributed by atoms with Crippen LogP contribution >= 0.6 is 0 Å². The lowest BCUT2D eigenvalue weighted by Crippen LogP contribution is -2.61. The molecule has 15 heavy (non-hydrogen) atoms. The molecule has 3 N–H and O–H groups in total. The van der Waals surface area contributed by atoms with E-state index in [4.69, 9.17) is 0 Å². The van der Waals surface area contributed by atoms with Gasteiger partial charge in [-0.1, -0.05) is 13.8 Å². The second-order valence-electron chi connectivity index (χ2n) is 5.34. The van der Waals surface area contributed by atoms with Gasteiger partial charge >= 0.3 is 0 Å². The number of nitrogens with one attached hydrogen (secondary N) is 3. The fraction of sp³-hybridized carbons (Fsp3) is 1.00. The monoisotopic (exact) mass is 213 g/mol. The second-order valence-corrected chi connectivity index (χ2v) is 5.34. The van der Waals surface area contributed by atoms with E-state index in [2.05, 4.69) is 43.6 Å². The first-order chi connectivity index (χ1) is 7.01. The first-order valence-corrected chi connectivity index (χ1v) is 6.17. The molecule has 1 aliphatic rings. The molecule has 0 saturated heterocycles. The van der Waals surface area contributed by atoms with Crippen LogP contribution in [0.5, 0.6) is 0 Å². The van der Waals surface area contributed by atoms with E-state index in [9.17, 15) is 0 Å². The van der Waals surface area contributed by atoms with Gasteiger partial charge in [-0.25, -0.2) is 0 Å². The largest absolute Gasteiger partial charge is 0.312 e. The Morgan fingerprint density at radius 2 is 1.93 bits per heavy atom. The normalized spacial score (nSPS) is 27.8. The van der Waals surface area contributed by atoms with Crippen LogP contribution in [-0.2, 0) is 0 Å². The fourth-order valence-corrected chi connectivity index (χ4v) is 1.88. The third-order valence-corrected chi connectivity index (χ3v) is 3.63. The summed E-state index contributed by atoms with van der Waals surface area (Å²) >= 11 is 0. The Kier molecular flexibility index (Phi) is 4.56. The topological polar surface area (TPSA) is 36.1 Å². The molecule has 1 saturated carbocycles. The van der Waals surface area contributed by atoms with E-state index in [1.54, 1.807) is 0 Å². The number of rotatable bonds is 7. The molecule has 0 aliphatic heterocycles. The van der Waals surface area contributed by atoms with Gasteiger partial charge in [0.2, 0.25) is 0 Å². The molecule has 3 nitrogen and oxygen atoms in total. The Labute approximate surface area is 94.4 Å². The molecule has 1 aliphatic carbocycles. The van der Waals surface area contributed by atoms with E-state index >= 15 is 0 Å². The third kappa shape index (κ3) is 3.74. The summed E-state index contributed by atoms with van der Waals surface area (Å²) in [6.07, 6.45) is 1.74. The molecule has 0 aromatic carbocycles. The van der Waals surface area contributed by atoms with Crippen molar-refractivity contribution in [3.63, 3.8) is 0 Å². The van der Waals surface area contributed by atoms with Crippen LogP contribution in [-0.4, -0.2) is 31.8 Å². The Balaban J connectivity index is 2.35. The number of hydrogen-bond donors (Lipinski definition) is 3. The smallest absolute Gasteiger partial charge is 0.0754 e. The van der Waals surface area contributed by atoms with Crippen LogP contribution < -0.4 is 16.0 Å². The van der Waals surface area contributed by atoms with Crippen molar-refractivity contribution in [2.45, 2.75) is 45.8 Å². The number of likely N-dealkylation sites (N-methyl/N-ethyl adjacent to an activating group) is 2. The third-order valence-electron chi connectivity index (χ3n) is 3.63. The maximum Gasteiger partial charge on any atom is 0.0754 e. The van der Waals surface area contributed by atoms with Crippen molar-refractivity contribution < 1.29 is 0 Å². The maximum absolute atomic E-state index is 3.63. The average molecular weight is 213 g/mol. The van der Waals surface area contributed by atoms with Gasteiger partial charge in [0.1, 0.15) is 0 Å². The predicted octanol–water partition coefficient (Wildman–Crippen LogP) is 1.17. The highest BCUT2D eigenvalue weighted by Crippen LogP contribution is 2.36. The summed E-state index contributed by atoms with van der Waals surface area (Å²) in [4.78, 5) is 0. The SMILES string of the molecule is CCNC(NCC1CC1C)C(C)(C)NC. The van der Waals surface area contributed by atoms with E-state index in [1.807, 2.05) is 7.05 Å². The standard InChI is InChI=1S/C12H27N3/c1-6-14-11(12(3,4)13-5)15-8-10-7-9(10)2/h9-11,13-15H,6-8H2,1-5H3. The summed E-state index contributed by atoms with van der Waals surface area (Å²) in [6.45, 7) is 11.1. The van der Waals surface area contributed by atoms with Gasteiger partial charge in [-0.3, -0.25) is 0 Å². The molecular formula is C12H27N3. The van der Waals surface area contributed by atoms with E-state index < -0.39 is 0 Å². The van der Waals surface area contributed by atoms with Crippen LogP contribution in [0.4, 0.5) is 0 Å². The van der Waals surface area contributed by atoms with E-state index in [-0.39, 0.29) is 5.54 Å². The molecule has 0 bridgehead atoms. The zero-order valence-electron chi connectivity index (χ0n) is 10.9. The molecule has 0 radical (unpaired) electrons. The highest BCUT2D eigenvalue weighted by Gasteiger charge is 2.34. The van der Waals surface area contributed by atoms with Gasteiger partial charge in [-0.05, 0) is 52.2 Å². The van der Waals surface area contributed by atoms with Crippen molar-refractivity contribution in [2.75, 3.05) is 20.1 Å². The Morgan fingerprint density at radius 1 is 1.33 bits per heavy atom. The van der Waals surface area contributed by atoms with E-state index in [0.717, 1.165) is 24.9 Å². The minimum Gasteiger partial charge on any atom is -0.312 e. The van der Waals surface area contributed by atoms with Crippen molar-refractivity contribution in [1.82, 2.24) is 16.0 Å². The van der Waals surface area contributed by atoms with Crippen LogP contribution in [0.1, 0.15) is 34.1 Å². The van der Waals surface area contributed by atoms with Crippen LogP contribution in [0.15, 0.2) is 0 Å². The molecule has 0 aromatic heterocycles. The van der Waals surface area contributed by atoms with Gasteiger partial charge < -0.3 is 16.0 Å². The van der Waals surface area contributed by atoms with Gasteiger partial charge in [0.25, 0.3) is 0 Å². The summed E-state index contributed by atoms with van der Waals surface area (Å²) in [5, 5.41) is 10.5. The van der Waals surface area contributed by atoms with E-state index in [1.165, 1.54) is 6.42 Å². The van der Waals surface area contributed by atoms with E-state index in [0.29, 0.717) is 6.17 Å². The predicted molar refractivity (Wildman–Crippen MR) is 65.9 cm³/mol.